The van der Waals surface area contributed by atoms with Gasteiger partial charge in [-0.3, -0.25) is 4.79 Å². The van der Waals surface area contributed by atoms with Crippen LogP contribution in [0.4, 0.5) is 0 Å². The molecule has 0 spiro atoms. The van der Waals surface area contributed by atoms with Crippen LogP contribution in [0.5, 0.6) is 0 Å². The van der Waals surface area contributed by atoms with Crippen LogP contribution in [0.3, 0.4) is 0 Å². The van der Waals surface area contributed by atoms with Crippen LogP contribution in [-0.2, 0) is 14.3 Å². The summed E-state index contributed by atoms with van der Waals surface area (Å²) in [6, 6.07) is -0.704. The van der Waals surface area contributed by atoms with Crippen molar-refractivity contribution < 1.29 is 14.3 Å². The van der Waals surface area contributed by atoms with Crippen molar-refractivity contribution in [3.63, 3.8) is 0 Å². The van der Waals surface area contributed by atoms with Gasteiger partial charge in [0.25, 0.3) is 0 Å². The fourth-order valence-corrected chi connectivity index (χ4v) is 0.916. The quantitative estimate of drug-likeness (QED) is 0.527. The van der Waals surface area contributed by atoms with Gasteiger partial charge in [0.1, 0.15) is 0 Å². The van der Waals surface area contributed by atoms with E-state index in [0.717, 1.165) is 0 Å². The van der Waals surface area contributed by atoms with Gasteiger partial charge in [0.2, 0.25) is 5.91 Å². The molecule has 0 aromatic carbocycles. The Morgan fingerprint density at radius 2 is 1.75 bits per heavy atom. The molecule has 0 saturated carbocycles. The summed E-state index contributed by atoms with van der Waals surface area (Å²) in [5.74, 6) is -0.702. The first-order valence-electron chi connectivity index (χ1n) is 3.66. The Morgan fingerprint density at radius 3 is 2.00 bits per heavy atom. The van der Waals surface area contributed by atoms with Crippen LogP contribution in [0.15, 0.2) is 0 Å². The molecule has 1 amide bonds. The predicted molar refractivity (Wildman–Crippen MR) is 44.4 cm³/mol. The Kier molecular flexibility index (Phi) is 5.61. The lowest BCUT2D eigenvalue weighted by atomic mass is 10.0. The van der Waals surface area contributed by atoms with E-state index in [4.69, 9.17) is 20.9 Å². The number of hydrogen-bond acceptors (Lipinski definition) is 4. The van der Waals surface area contributed by atoms with Crippen molar-refractivity contribution in [2.45, 2.75) is 6.04 Å². The Morgan fingerprint density at radius 1 is 1.33 bits per heavy atom. The standard InChI is InChI=1S/C7H16N2O3/c1-11-3-5(4-12-2)6(8)7(9)10/h5-6H,3-4,8H2,1-2H3,(H2,9,10). The number of ether oxygens (including phenoxy) is 2. The van der Waals surface area contributed by atoms with Crippen LogP contribution >= 0.6 is 0 Å². The van der Waals surface area contributed by atoms with E-state index < -0.39 is 11.9 Å². The van der Waals surface area contributed by atoms with E-state index in [1.807, 2.05) is 0 Å². The number of methoxy groups -OCH3 is 2. The highest BCUT2D eigenvalue weighted by Crippen LogP contribution is 2.02. The van der Waals surface area contributed by atoms with Gasteiger partial charge in [-0.25, -0.2) is 0 Å². The molecule has 1 unspecified atom stereocenters. The molecule has 0 fully saturated rings. The van der Waals surface area contributed by atoms with Crippen molar-refractivity contribution in [2.24, 2.45) is 17.4 Å². The molecule has 12 heavy (non-hydrogen) atoms. The highest BCUT2D eigenvalue weighted by Gasteiger charge is 2.22. The average molecular weight is 176 g/mol. The monoisotopic (exact) mass is 176 g/mol. The first-order chi connectivity index (χ1) is 5.63. The first kappa shape index (κ1) is 11.4. The number of carbonyl (C=O) groups is 1. The Labute approximate surface area is 72.0 Å². The summed E-state index contributed by atoms with van der Waals surface area (Å²) < 4.78 is 9.72. The fraction of sp³-hybridized carbons (Fsp3) is 0.857. The third-order valence-electron chi connectivity index (χ3n) is 1.60. The number of hydrogen-bond donors (Lipinski definition) is 2. The molecule has 0 aliphatic rings. The molecule has 0 heterocycles. The molecule has 0 radical (unpaired) electrons. The Bertz CT molecular complexity index is 135. The number of primary amides is 1. The van der Waals surface area contributed by atoms with Crippen LogP contribution in [-0.4, -0.2) is 39.4 Å². The minimum atomic E-state index is -0.704. The molecule has 0 saturated heterocycles. The molecular formula is C7H16N2O3. The SMILES string of the molecule is COCC(COC)C(N)C(N)=O. The van der Waals surface area contributed by atoms with Crippen LogP contribution in [0.2, 0.25) is 0 Å². The smallest absolute Gasteiger partial charge is 0.234 e. The third kappa shape index (κ3) is 3.66. The van der Waals surface area contributed by atoms with Crippen LogP contribution < -0.4 is 11.5 Å². The molecule has 0 bridgehead atoms. The zero-order valence-electron chi connectivity index (χ0n) is 7.45. The molecule has 72 valence electrons. The maximum Gasteiger partial charge on any atom is 0.234 e. The van der Waals surface area contributed by atoms with E-state index in [0.29, 0.717) is 13.2 Å². The second kappa shape index (κ2) is 5.93. The van der Waals surface area contributed by atoms with Crippen molar-refractivity contribution in [1.82, 2.24) is 0 Å². The number of amides is 1. The molecule has 0 aromatic rings. The summed E-state index contributed by atoms with van der Waals surface area (Å²) in [4.78, 5) is 10.7. The van der Waals surface area contributed by atoms with Gasteiger partial charge >= 0.3 is 0 Å². The van der Waals surface area contributed by atoms with Crippen molar-refractivity contribution in [3.05, 3.63) is 0 Å². The first-order valence-corrected chi connectivity index (χ1v) is 3.66. The van der Waals surface area contributed by atoms with E-state index in [2.05, 4.69) is 0 Å². The molecule has 0 aliphatic carbocycles. The summed E-state index contributed by atoms with van der Waals surface area (Å²) in [6.07, 6.45) is 0. The summed E-state index contributed by atoms with van der Waals surface area (Å²) >= 11 is 0. The average Bonchev–Trinajstić information content (AvgIpc) is 2.03. The van der Waals surface area contributed by atoms with Gasteiger partial charge in [0.15, 0.2) is 0 Å². The topological polar surface area (TPSA) is 87.6 Å². The maximum absolute atomic E-state index is 10.7. The summed E-state index contributed by atoms with van der Waals surface area (Å²) in [6.45, 7) is 0.746. The van der Waals surface area contributed by atoms with Gasteiger partial charge in [-0.1, -0.05) is 0 Å². The van der Waals surface area contributed by atoms with Gasteiger partial charge in [-0.2, -0.15) is 0 Å². The van der Waals surface area contributed by atoms with Crippen molar-refractivity contribution in [2.75, 3.05) is 27.4 Å². The van der Waals surface area contributed by atoms with E-state index in [9.17, 15) is 4.79 Å². The molecule has 0 aliphatic heterocycles. The zero-order chi connectivity index (χ0) is 9.56. The van der Waals surface area contributed by atoms with Crippen molar-refractivity contribution in [3.8, 4) is 0 Å². The number of nitrogens with two attached hydrogens (primary N) is 2. The lowest BCUT2D eigenvalue weighted by Crippen LogP contribution is -2.46. The molecule has 0 aromatic heterocycles. The molecule has 4 N–H and O–H groups in total. The van der Waals surface area contributed by atoms with Crippen LogP contribution in [0.1, 0.15) is 0 Å². The predicted octanol–water partition coefficient (Wildman–Crippen LogP) is -1.29. The Hall–Kier alpha value is -0.650. The van der Waals surface area contributed by atoms with Crippen LogP contribution in [0, 0.1) is 5.92 Å². The van der Waals surface area contributed by atoms with Crippen molar-refractivity contribution in [1.29, 1.82) is 0 Å². The lowest BCUT2D eigenvalue weighted by Gasteiger charge is -2.19. The second-order valence-electron chi connectivity index (χ2n) is 2.60. The third-order valence-corrected chi connectivity index (χ3v) is 1.60. The fourth-order valence-electron chi connectivity index (χ4n) is 0.916. The summed E-state index contributed by atoms with van der Waals surface area (Å²) in [7, 11) is 3.08. The van der Waals surface area contributed by atoms with E-state index >= 15 is 0 Å². The Balaban J connectivity index is 3.98. The normalized spacial score (nSPS) is 13.3. The molecule has 1 atom stereocenters. The van der Waals surface area contributed by atoms with Crippen LogP contribution in [0.25, 0.3) is 0 Å². The minimum Gasteiger partial charge on any atom is -0.384 e. The van der Waals surface area contributed by atoms with E-state index in [1.54, 1.807) is 0 Å². The van der Waals surface area contributed by atoms with E-state index in [1.165, 1.54) is 14.2 Å². The molecular weight excluding hydrogens is 160 g/mol. The highest BCUT2D eigenvalue weighted by molar-refractivity contribution is 5.79. The zero-order valence-corrected chi connectivity index (χ0v) is 7.45. The van der Waals surface area contributed by atoms with Gasteiger partial charge < -0.3 is 20.9 Å². The summed E-state index contributed by atoms with van der Waals surface area (Å²) in [5.41, 5.74) is 10.5. The molecule has 5 nitrogen and oxygen atoms in total. The lowest BCUT2D eigenvalue weighted by molar-refractivity contribution is -0.121. The maximum atomic E-state index is 10.7. The number of rotatable bonds is 6. The van der Waals surface area contributed by atoms with Gasteiger partial charge in [0.05, 0.1) is 19.3 Å². The van der Waals surface area contributed by atoms with E-state index in [-0.39, 0.29) is 5.92 Å². The molecule has 5 heteroatoms. The number of carbonyl (C=O) groups excluding carboxylic acids is 1. The van der Waals surface area contributed by atoms with Gasteiger partial charge in [-0.15, -0.1) is 0 Å². The largest absolute Gasteiger partial charge is 0.384 e. The van der Waals surface area contributed by atoms with Gasteiger partial charge in [-0.05, 0) is 0 Å². The van der Waals surface area contributed by atoms with Crippen molar-refractivity contribution >= 4 is 5.91 Å². The summed E-state index contributed by atoms with van der Waals surface area (Å²) in [5, 5.41) is 0. The molecule has 0 rings (SSSR count). The minimum absolute atomic E-state index is 0.169. The second-order valence-corrected chi connectivity index (χ2v) is 2.60. The highest BCUT2D eigenvalue weighted by atomic mass is 16.5. The van der Waals surface area contributed by atoms with Gasteiger partial charge in [0, 0.05) is 20.1 Å².